The molecule has 5 rings (SSSR count). The molecule has 53 heavy (non-hydrogen) atoms. The summed E-state index contributed by atoms with van der Waals surface area (Å²) in [7, 11) is 0. The summed E-state index contributed by atoms with van der Waals surface area (Å²) >= 11 is 0. The summed E-state index contributed by atoms with van der Waals surface area (Å²) < 4.78 is 10.9. The number of hydrogen-bond donors (Lipinski definition) is 4. The molecule has 2 aromatic rings. The fraction of sp³-hybridized carbons (Fsp3) is 0.585. The third kappa shape index (κ3) is 11.7. The Kier molecular flexibility index (Phi) is 14.2. The second kappa shape index (κ2) is 18.8. The second-order valence-corrected chi connectivity index (χ2v) is 15.5. The van der Waals surface area contributed by atoms with Crippen molar-refractivity contribution in [1.82, 2.24) is 26.2 Å². The molecule has 0 spiro atoms. The summed E-state index contributed by atoms with van der Waals surface area (Å²) in [6, 6.07) is 16.5. The van der Waals surface area contributed by atoms with Crippen LogP contribution in [0.5, 0.6) is 0 Å². The maximum atomic E-state index is 14.5. The molecule has 2 heterocycles. The highest BCUT2D eigenvalue weighted by Crippen LogP contribution is 2.31. The average molecular weight is 732 g/mol. The first-order chi connectivity index (χ1) is 25.5. The third-order valence-electron chi connectivity index (χ3n) is 10.5. The Balaban J connectivity index is 1.35. The van der Waals surface area contributed by atoms with E-state index in [9.17, 15) is 24.0 Å². The summed E-state index contributed by atoms with van der Waals surface area (Å²) in [5.74, 6) is -1.68. The fourth-order valence-electron chi connectivity index (χ4n) is 7.26. The van der Waals surface area contributed by atoms with Crippen molar-refractivity contribution in [2.75, 3.05) is 39.5 Å². The predicted octanol–water partition coefficient (Wildman–Crippen LogP) is 2.87. The maximum Gasteiger partial charge on any atom is 0.246 e. The lowest BCUT2D eigenvalue weighted by Crippen LogP contribution is -2.65. The molecule has 2 aliphatic heterocycles. The second-order valence-electron chi connectivity index (χ2n) is 15.5. The number of morpholine rings is 1. The molecule has 4 N–H and O–H groups in total. The van der Waals surface area contributed by atoms with Crippen LogP contribution in [0.4, 0.5) is 0 Å². The number of hydrogen-bond acceptors (Lipinski definition) is 8. The number of nitrogens with zero attached hydrogens (tertiary/aromatic N) is 1. The Labute approximate surface area is 313 Å². The van der Waals surface area contributed by atoms with E-state index in [1.165, 1.54) is 0 Å². The Morgan fingerprint density at radius 1 is 0.774 bits per heavy atom. The van der Waals surface area contributed by atoms with Gasteiger partial charge in [0.1, 0.15) is 23.2 Å². The molecule has 1 unspecified atom stereocenters. The van der Waals surface area contributed by atoms with Crippen molar-refractivity contribution in [3.63, 3.8) is 0 Å². The Morgan fingerprint density at radius 2 is 1.40 bits per heavy atom. The number of ether oxygens (including phenoxy) is 2. The highest BCUT2D eigenvalue weighted by atomic mass is 16.6. The molecule has 4 atom stereocenters. The van der Waals surface area contributed by atoms with Crippen molar-refractivity contribution in [3.8, 4) is 0 Å². The van der Waals surface area contributed by atoms with Crippen LogP contribution in [-0.4, -0.2) is 103 Å². The monoisotopic (exact) mass is 731 g/mol. The Morgan fingerprint density at radius 3 is 2.00 bits per heavy atom. The van der Waals surface area contributed by atoms with Gasteiger partial charge < -0.3 is 30.7 Å². The van der Waals surface area contributed by atoms with Crippen molar-refractivity contribution >= 4 is 29.4 Å². The highest BCUT2D eigenvalue weighted by Gasteiger charge is 2.50. The number of ketones is 1. The van der Waals surface area contributed by atoms with Crippen LogP contribution in [0.2, 0.25) is 0 Å². The van der Waals surface area contributed by atoms with E-state index in [4.69, 9.17) is 9.47 Å². The van der Waals surface area contributed by atoms with Gasteiger partial charge in [-0.2, -0.15) is 0 Å². The smallest absolute Gasteiger partial charge is 0.246 e. The fourth-order valence-corrected chi connectivity index (χ4v) is 7.26. The Hall–Kier alpha value is -4.13. The van der Waals surface area contributed by atoms with Crippen LogP contribution in [0.3, 0.4) is 0 Å². The Bertz CT molecular complexity index is 1540. The minimum absolute atomic E-state index is 0.124. The molecule has 1 saturated carbocycles. The van der Waals surface area contributed by atoms with Crippen LogP contribution in [0.25, 0.3) is 0 Å². The zero-order valence-corrected chi connectivity index (χ0v) is 31.5. The van der Waals surface area contributed by atoms with Crippen LogP contribution in [0.1, 0.15) is 76.8 Å². The van der Waals surface area contributed by atoms with Gasteiger partial charge in [0, 0.05) is 19.5 Å². The number of amides is 4. The first kappa shape index (κ1) is 40.1. The lowest BCUT2D eigenvalue weighted by Gasteiger charge is -2.39. The van der Waals surface area contributed by atoms with Gasteiger partial charge in [-0.15, -0.1) is 0 Å². The number of epoxide rings is 1. The van der Waals surface area contributed by atoms with Gasteiger partial charge in [0.05, 0.1) is 32.4 Å². The van der Waals surface area contributed by atoms with Crippen LogP contribution >= 0.6 is 0 Å². The summed E-state index contributed by atoms with van der Waals surface area (Å²) in [6.07, 6.45) is 4.63. The highest BCUT2D eigenvalue weighted by molar-refractivity contribution is 5.99. The van der Waals surface area contributed by atoms with Gasteiger partial charge in [0.2, 0.25) is 23.6 Å². The molecular weight excluding hydrogens is 674 g/mol. The SMILES string of the molecule is CC(C)C[C@H](NC(=O)C(Cc1ccccc1)NC(=O)C1(NC(=O)[C@H](CCc2ccccc2)NC(=O)CN2CCOCC2)CCCCC1)C(=O)[C@@]1(C)CO1. The van der Waals surface area contributed by atoms with Gasteiger partial charge in [0.25, 0.3) is 0 Å². The van der Waals surface area contributed by atoms with Crippen molar-refractivity contribution < 1.29 is 33.4 Å². The predicted molar refractivity (Wildman–Crippen MR) is 201 cm³/mol. The molecule has 3 aliphatic rings. The van der Waals surface area contributed by atoms with E-state index in [0.717, 1.165) is 17.5 Å². The van der Waals surface area contributed by atoms with E-state index in [0.29, 0.717) is 77.9 Å². The summed E-state index contributed by atoms with van der Waals surface area (Å²) in [4.78, 5) is 71.5. The van der Waals surface area contributed by atoms with Crippen molar-refractivity contribution in [1.29, 1.82) is 0 Å². The molecule has 1 aliphatic carbocycles. The number of aryl methyl sites for hydroxylation is 1. The molecule has 0 bridgehead atoms. The van der Waals surface area contributed by atoms with Gasteiger partial charge in [-0.1, -0.05) is 93.8 Å². The van der Waals surface area contributed by atoms with E-state index < -0.39 is 47.0 Å². The lowest BCUT2D eigenvalue weighted by atomic mass is 9.80. The van der Waals surface area contributed by atoms with Gasteiger partial charge in [-0.25, -0.2) is 0 Å². The molecule has 12 nitrogen and oxygen atoms in total. The summed E-state index contributed by atoms with van der Waals surface area (Å²) in [5, 5.41) is 12.0. The number of rotatable bonds is 18. The number of nitrogens with one attached hydrogen (secondary N) is 4. The van der Waals surface area contributed by atoms with Crippen LogP contribution < -0.4 is 21.3 Å². The van der Waals surface area contributed by atoms with Crippen LogP contribution in [0.15, 0.2) is 60.7 Å². The standard InChI is InChI=1S/C41H57N5O7/c1-29(2)25-33(36(48)40(3)28-53-40)43-37(49)34(26-31-15-9-5-10-16-31)44-39(51)41(19-11-6-12-20-41)45-38(50)32(18-17-30-13-7-4-8-14-30)42-35(47)27-46-21-23-52-24-22-46/h4-5,7-10,13-16,29,32-34H,6,11-12,17-28H2,1-3H3,(H,42,47)(H,43,49)(H,44,51)(H,45,50)/t32-,33-,34?,40+/m0/s1. The molecule has 0 radical (unpaired) electrons. The molecular formula is C41H57N5O7. The van der Waals surface area contributed by atoms with Gasteiger partial charge in [0.15, 0.2) is 5.78 Å². The number of carbonyl (C=O) groups excluding carboxylic acids is 5. The van der Waals surface area contributed by atoms with Crippen molar-refractivity contribution in [3.05, 3.63) is 71.8 Å². The lowest BCUT2D eigenvalue weighted by molar-refractivity contribution is -0.139. The van der Waals surface area contributed by atoms with E-state index in [1.54, 1.807) is 6.92 Å². The third-order valence-corrected chi connectivity index (χ3v) is 10.5. The van der Waals surface area contributed by atoms with E-state index in [-0.39, 0.29) is 30.6 Å². The van der Waals surface area contributed by atoms with Crippen molar-refractivity contribution in [2.45, 2.75) is 108 Å². The molecule has 3 fully saturated rings. The largest absolute Gasteiger partial charge is 0.379 e. The molecule has 2 saturated heterocycles. The first-order valence-electron chi connectivity index (χ1n) is 19.3. The molecule has 4 amide bonds. The minimum atomic E-state index is -1.28. The number of benzene rings is 2. The average Bonchev–Trinajstić information content (AvgIpc) is 3.91. The quantitative estimate of drug-likeness (QED) is 0.171. The van der Waals surface area contributed by atoms with E-state index in [1.807, 2.05) is 79.4 Å². The van der Waals surface area contributed by atoms with Crippen LogP contribution in [0, 0.1) is 5.92 Å². The van der Waals surface area contributed by atoms with E-state index in [2.05, 4.69) is 21.3 Å². The zero-order valence-electron chi connectivity index (χ0n) is 31.5. The maximum absolute atomic E-state index is 14.5. The normalized spacial score (nSPS) is 21.4. The summed E-state index contributed by atoms with van der Waals surface area (Å²) in [5.41, 5.74) is -0.338. The first-order valence-corrected chi connectivity index (χ1v) is 19.3. The summed E-state index contributed by atoms with van der Waals surface area (Å²) in [6.45, 7) is 8.52. The molecule has 12 heteroatoms. The van der Waals surface area contributed by atoms with Crippen LogP contribution in [-0.2, 0) is 46.3 Å². The van der Waals surface area contributed by atoms with E-state index >= 15 is 0 Å². The van der Waals surface area contributed by atoms with Gasteiger partial charge >= 0.3 is 0 Å². The molecule has 2 aromatic carbocycles. The van der Waals surface area contributed by atoms with Crippen molar-refractivity contribution in [2.24, 2.45) is 5.92 Å². The topological polar surface area (TPSA) is 158 Å². The number of Topliss-reactive ketones (excluding diaryl/α,β-unsaturated/α-hetero) is 1. The number of carbonyl (C=O) groups is 5. The minimum Gasteiger partial charge on any atom is -0.379 e. The van der Waals surface area contributed by atoms with Gasteiger partial charge in [-0.05, 0) is 56.1 Å². The molecule has 288 valence electrons. The molecule has 0 aromatic heterocycles. The zero-order chi connectivity index (χ0) is 37.8. The van der Waals surface area contributed by atoms with Gasteiger partial charge in [-0.3, -0.25) is 28.9 Å².